The van der Waals surface area contributed by atoms with Crippen LogP contribution in [0.4, 0.5) is 5.69 Å². The Balaban J connectivity index is 1.56. The summed E-state index contributed by atoms with van der Waals surface area (Å²) in [6.07, 6.45) is 7.61. The molecule has 0 bridgehead atoms. The predicted molar refractivity (Wildman–Crippen MR) is 138 cm³/mol. The molecule has 0 aromatic heterocycles. The van der Waals surface area contributed by atoms with Gasteiger partial charge in [0.25, 0.3) is 5.91 Å². The second-order valence-electron chi connectivity index (χ2n) is 8.51. The van der Waals surface area contributed by atoms with E-state index in [1.54, 1.807) is 29.2 Å². The molecule has 7 heteroatoms. The quantitative estimate of drug-likeness (QED) is 0.247. The number of halogens is 2. The fraction of sp³-hybridized carbons (Fsp3) is 0.346. The van der Waals surface area contributed by atoms with Gasteiger partial charge in [-0.25, -0.2) is 4.90 Å². The lowest BCUT2D eigenvalue weighted by molar-refractivity contribution is -0.137. The minimum absolute atomic E-state index is 0.0101. The van der Waals surface area contributed by atoms with Crippen LogP contribution in [0.1, 0.15) is 44.1 Å². The first kappa shape index (κ1) is 24.0. The zero-order chi connectivity index (χ0) is 23.4. The summed E-state index contributed by atoms with van der Waals surface area (Å²) in [5, 5.41) is 0.608. The molecule has 1 heterocycles. The molecule has 33 heavy (non-hydrogen) atoms. The average molecular weight is 577 g/mol. The first-order chi connectivity index (χ1) is 15.9. The van der Waals surface area contributed by atoms with Crippen LogP contribution in [-0.4, -0.2) is 35.2 Å². The standard InChI is InChI=1S/C26H26ClIN2O3/c27-20-8-6-19(7-9-20)16-24(31)29(15-14-18-4-2-1-3-5-18)23-17-25(32)30(26(23)33)22-12-10-21(28)11-13-22/h4,6-13,23H,1-3,5,14-17H2. The highest BCUT2D eigenvalue weighted by molar-refractivity contribution is 14.1. The number of nitrogens with zero attached hydrogens (tertiary/aromatic N) is 2. The van der Waals surface area contributed by atoms with E-state index in [0.29, 0.717) is 17.3 Å². The smallest absolute Gasteiger partial charge is 0.257 e. The third kappa shape index (κ3) is 5.84. The average Bonchev–Trinajstić information content (AvgIpc) is 3.10. The number of allylic oxidation sites excluding steroid dienone is 1. The zero-order valence-corrected chi connectivity index (χ0v) is 21.2. The lowest BCUT2D eigenvalue weighted by atomic mass is 9.96. The van der Waals surface area contributed by atoms with Gasteiger partial charge in [0.1, 0.15) is 6.04 Å². The molecule has 5 nitrogen and oxygen atoms in total. The van der Waals surface area contributed by atoms with Crippen molar-refractivity contribution in [2.45, 2.75) is 51.0 Å². The van der Waals surface area contributed by atoms with Crippen LogP contribution < -0.4 is 4.90 Å². The molecule has 0 radical (unpaired) electrons. The van der Waals surface area contributed by atoms with Crippen molar-refractivity contribution < 1.29 is 14.4 Å². The lowest BCUT2D eigenvalue weighted by Gasteiger charge is -2.29. The van der Waals surface area contributed by atoms with E-state index in [4.69, 9.17) is 11.6 Å². The Morgan fingerprint density at radius 1 is 1.06 bits per heavy atom. The van der Waals surface area contributed by atoms with E-state index < -0.39 is 6.04 Å². The molecule has 1 saturated heterocycles. The molecular formula is C26H26ClIN2O3. The molecule has 0 saturated carbocycles. The first-order valence-electron chi connectivity index (χ1n) is 11.3. The predicted octanol–water partition coefficient (Wildman–Crippen LogP) is 5.54. The third-order valence-electron chi connectivity index (χ3n) is 6.23. The molecule has 1 aliphatic carbocycles. The van der Waals surface area contributed by atoms with Gasteiger partial charge in [-0.15, -0.1) is 0 Å². The Bertz CT molecular complexity index is 1070. The summed E-state index contributed by atoms with van der Waals surface area (Å²) in [6.45, 7) is 0.433. The van der Waals surface area contributed by atoms with E-state index in [1.807, 2.05) is 24.3 Å². The van der Waals surface area contributed by atoms with Gasteiger partial charge in [-0.2, -0.15) is 0 Å². The second kappa shape index (κ2) is 10.8. The Labute approximate surface area is 212 Å². The summed E-state index contributed by atoms with van der Waals surface area (Å²) in [6, 6.07) is 13.6. The van der Waals surface area contributed by atoms with Crippen LogP contribution in [0.2, 0.25) is 5.02 Å². The first-order valence-corrected chi connectivity index (χ1v) is 12.7. The van der Waals surface area contributed by atoms with Crippen molar-refractivity contribution >= 4 is 57.6 Å². The number of anilines is 1. The van der Waals surface area contributed by atoms with Gasteiger partial charge < -0.3 is 4.90 Å². The topological polar surface area (TPSA) is 57.7 Å². The van der Waals surface area contributed by atoms with Gasteiger partial charge >= 0.3 is 0 Å². The van der Waals surface area contributed by atoms with Crippen LogP contribution >= 0.6 is 34.2 Å². The highest BCUT2D eigenvalue weighted by atomic mass is 127. The van der Waals surface area contributed by atoms with E-state index in [9.17, 15) is 14.4 Å². The Hall–Kier alpha value is -2.19. The number of rotatable bonds is 7. The number of imide groups is 1. The number of carbonyl (C=O) groups is 3. The number of amides is 3. The number of hydrogen-bond donors (Lipinski definition) is 0. The summed E-state index contributed by atoms with van der Waals surface area (Å²) in [7, 11) is 0. The fourth-order valence-electron chi connectivity index (χ4n) is 4.45. The van der Waals surface area contributed by atoms with Crippen molar-refractivity contribution in [1.82, 2.24) is 4.90 Å². The summed E-state index contributed by atoms with van der Waals surface area (Å²) < 4.78 is 1.02. The van der Waals surface area contributed by atoms with Crippen LogP contribution in [0, 0.1) is 3.57 Å². The maximum atomic E-state index is 13.4. The molecule has 4 rings (SSSR count). The number of benzene rings is 2. The van der Waals surface area contributed by atoms with Crippen LogP contribution in [0.25, 0.3) is 0 Å². The highest BCUT2D eigenvalue weighted by Crippen LogP contribution is 2.28. The molecule has 2 aliphatic rings. The van der Waals surface area contributed by atoms with E-state index >= 15 is 0 Å². The van der Waals surface area contributed by atoms with Gasteiger partial charge in [-0.3, -0.25) is 14.4 Å². The molecule has 0 N–H and O–H groups in total. The maximum absolute atomic E-state index is 13.4. The Morgan fingerprint density at radius 2 is 1.79 bits per heavy atom. The minimum Gasteiger partial charge on any atom is -0.329 e. The van der Waals surface area contributed by atoms with Crippen LogP contribution in [0.15, 0.2) is 60.2 Å². The van der Waals surface area contributed by atoms with Crippen molar-refractivity contribution in [3.05, 3.63) is 74.3 Å². The van der Waals surface area contributed by atoms with E-state index in [0.717, 1.165) is 34.8 Å². The lowest BCUT2D eigenvalue weighted by Crippen LogP contribution is -2.46. The molecule has 1 atom stereocenters. The van der Waals surface area contributed by atoms with Gasteiger partial charge in [0.2, 0.25) is 11.8 Å². The van der Waals surface area contributed by atoms with Crippen molar-refractivity contribution in [1.29, 1.82) is 0 Å². The van der Waals surface area contributed by atoms with Crippen LogP contribution in [0.5, 0.6) is 0 Å². The van der Waals surface area contributed by atoms with Gasteiger partial charge in [0.15, 0.2) is 0 Å². The zero-order valence-electron chi connectivity index (χ0n) is 18.3. The second-order valence-corrected chi connectivity index (χ2v) is 10.2. The van der Waals surface area contributed by atoms with Crippen LogP contribution in [0.3, 0.4) is 0 Å². The summed E-state index contributed by atoms with van der Waals surface area (Å²) in [4.78, 5) is 42.5. The van der Waals surface area contributed by atoms with Crippen molar-refractivity contribution in [2.24, 2.45) is 0 Å². The largest absolute Gasteiger partial charge is 0.329 e. The summed E-state index contributed by atoms with van der Waals surface area (Å²) in [5.41, 5.74) is 2.71. The van der Waals surface area contributed by atoms with Crippen molar-refractivity contribution in [3.63, 3.8) is 0 Å². The van der Waals surface area contributed by atoms with E-state index in [-0.39, 0.29) is 30.6 Å². The van der Waals surface area contributed by atoms with E-state index in [2.05, 4.69) is 28.7 Å². The molecule has 3 amide bonds. The van der Waals surface area contributed by atoms with Gasteiger partial charge in [-0.05, 0) is 96.7 Å². The Morgan fingerprint density at radius 3 is 2.45 bits per heavy atom. The highest BCUT2D eigenvalue weighted by Gasteiger charge is 2.44. The molecule has 1 aliphatic heterocycles. The molecule has 172 valence electrons. The third-order valence-corrected chi connectivity index (χ3v) is 7.20. The molecule has 2 aromatic carbocycles. The van der Waals surface area contributed by atoms with Crippen LogP contribution in [-0.2, 0) is 20.8 Å². The van der Waals surface area contributed by atoms with Crippen molar-refractivity contribution in [2.75, 3.05) is 11.4 Å². The van der Waals surface area contributed by atoms with Gasteiger partial charge in [-0.1, -0.05) is 35.4 Å². The minimum atomic E-state index is -0.777. The SMILES string of the molecule is O=C1CC(N(CCC2=CCCCC2)C(=O)Cc2ccc(Cl)cc2)C(=O)N1c1ccc(I)cc1. The Kier molecular flexibility index (Phi) is 7.86. The molecule has 0 spiro atoms. The monoisotopic (exact) mass is 576 g/mol. The number of carbonyl (C=O) groups excluding carboxylic acids is 3. The molecular weight excluding hydrogens is 551 g/mol. The van der Waals surface area contributed by atoms with Gasteiger partial charge in [0, 0.05) is 15.1 Å². The number of hydrogen-bond acceptors (Lipinski definition) is 3. The molecule has 2 aromatic rings. The van der Waals surface area contributed by atoms with Gasteiger partial charge in [0.05, 0.1) is 18.5 Å². The maximum Gasteiger partial charge on any atom is 0.257 e. The normalized spacial score (nSPS) is 18.4. The van der Waals surface area contributed by atoms with E-state index in [1.165, 1.54) is 16.9 Å². The molecule has 1 fully saturated rings. The molecule has 1 unspecified atom stereocenters. The summed E-state index contributed by atoms with van der Waals surface area (Å²) in [5.74, 6) is -0.750. The van der Waals surface area contributed by atoms with Crippen molar-refractivity contribution in [3.8, 4) is 0 Å². The summed E-state index contributed by atoms with van der Waals surface area (Å²) >= 11 is 8.16. The fourth-order valence-corrected chi connectivity index (χ4v) is 4.93.